The molecule has 2 fully saturated rings. The van der Waals surface area contributed by atoms with Crippen molar-refractivity contribution in [3.05, 3.63) is 0 Å². The number of rotatable bonds is 5. The third-order valence-corrected chi connectivity index (χ3v) is 5.25. The number of aliphatic imine (C=N–C) groups is 1. The number of halogens is 1. The molecule has 0 amide bonds. The highest BCUT2D eigenvalue weighted by Crippen LogP contribution is 2.28. The van der Waals surface area contributed by atoms with Crippen molar-refractivity contribution in [2.24, 2.45) is 16.3 Å². The van der Waals surface area contributed by atoms with Gasteiger partial charge in [-0.15, -0.1) is 24.0 Å². The van der Waals surface area contributed by atoms with Crippen molar-refractivity contribution in [3.8, 4) is 0 Å². The molecule has 136 valence electrons. The van der Waals surface area contributed by atoms with Gasteiger partial charge in [0, 0.05) is 26.7 Å². The van der Waals surface area contributed by atoms with E-state index in [2.05, 4.69) is 40.9 Å². The van der Waals surface area contributed by atoms with Gasteiger partial charge in [-0.1, -0.05) is 20.8 Å². The van der Waals surface area contributed by atoms with Crippen LogP contribution in [0, 0.1) is 11.3 Å². The number of hydrogen-bond acceptors (Lipinski definition) is 2. The van der Waals surface area contributed by atoms with Crippen molar-refractivity contribution in [3.63, 3.8) is 0 Å². The minimum atomic E-state index is 0. The fourth-order valence-corrected chi connectivity index (χ4v) is 3.57. The maximum absolute atomic E-state index is 4.45. The first-order valence-electron chi connectivity index (χ1n) is 9.18. The van der Waals surface area contributed by atoms with Gasteiger partial charge in [-0.3, -0.25) is 4.99 Å². The van der Waals surface area contributed by atoms with Crippen LogP contribution in [0.1, 0.15) is 52.9 Å². The Morgan fingerprint density at radius 2 is 1.87 bits per heavy atom. The quantitative estimate of drug-likeness (QED) is 0.310. The number of guanidine groups is 1. The van der Waals surface area contributed by atoms with Gasteiger partial charge in [0.15, 0.2) is 5.96 Å². The Bertz CT molecular complexity index is 362. The van der Waals surface area contributed by atoms with E-state index >= 15 is 0 Å². The van der Waals surface area contributed by atoms with Crippen LogP contribution in [0.2, 0.25) is 0 Å². The van der Waals surface area contributed by atoms with E-state index in [9.17, 15) is 0 Å². The zero-order valence-corrected chi connectivity index (χ0v) is 17.9. The molecule has 23 heavy (non-hydrogen) atoms. The lowest BCUT2D eigenvalue weighted by Gasteiger charge is -2.30. The smallest absolute Gasteiger partial charge is 0.193 e. The molecule has 0 bridgehead atoms. The van der Waals surface area contributed by atoms with Crippen LogP contribution in [-0.2, 0) is 0 Å². The highest BCUT2D eigenvalue weighted by atomic mass is 127. The van der Waals surface area contributed by atoms with Gasteiger partial charge in [0.2, 0.25) is 0 Å². The highest BCUT2D eigenvalue weighted by molar-refractivity contribution is 14.0. The van der Waals surface area contributed by atoms with Crippen LogP contribution in [0.15, 0.2) is 4.99 Å². The van der Waals surface area contributed by atoms with E-state index in [1.807, 2.05) is 7.05 Å². The molecule has 0 atom stereocenters. The average molecular weight is 436 g/mol. The van der Waals surface area contributed by atoms with Crippen LogP contribution in [0.25, 0.3) is 0 Å². The molecule has 2 aliphatic rings. The average Bonchev–Trinajstić information content (AvgIpc) is 2.85. The third kappa shape index (κ3) is 7.16. The summed E-state index contributed by atoms with van der Waals surface area (Å²) in [6.07, 6.45) is 6.57. The zero-order valence-electron chi connectivity index (χ0n) is 15.6. The van der Waals surface area contributed by atoms with E-state index in [1.165, 1.54) is 51.7 Å². The molecule has 0 aromatic carbocycles. The van der Waals surface area contributed by atoms with Gasteiger partial charge in [-0.25, -0.2) is 0 Å². The van der Waals surface area contributed by atoms with Crippen LogP contribution in [-0.4, -0.2) is 62.1 Å². The fourth-order valence-electron chi connectivity index (χ4n) is 3.57. The largest absolute Gasteiger partial charge is 0.356 e. The molecule has 0 unspecified atom stereocenters. The second-order valence-electron chi connectivity index (χ2n) is 8.04. The number of likely N-dealkylation sites (tertiary alicyclic amines) is 2. The maximum Gasteiger partial charge on any atom is 0.193 e. The number of piperidine rings is 1. The zero-order chi connectivity index (χ0) is 16.0. The molecule has 0 aromatic rings. The molecule has 4 nitrogen and oxygen atoms in total. The number of nitrogens with one attached hydrogen (secondary N) is 1. The molecule has 0 radical (unpaired) electrons. The van der Waals surface area contributed by atoms with Crippen molar-refractivity contribution >= 4 is 29.9 Å². The first-order valence-corrected chi connectivity index (χ1v) is 9.18. The molecule has 5 heteroatoms. The first kappa shape index (κ1) is 21.0. The molecule has 2 rings (SSSR count). The molecule has 1 N–H and O–H groups in total. The van der Waals surface area contributed by atoms with Gasteiger partial charge in [-0.2, -0.15) is 0 Å². The van der Waals surface area contributed by atoms with Gasteiger partial charge >= 0.3 is 0 Å². The van der Waals surface area contributed by atoms with Crippen molar-refractivity contribution in [2.75, 3.05) is 46.3 Å². The van der Waals surface area contributed by atoms with Crippen LogP contribution in [0.5, 0.6) is 0 Å². The van der Waals surface area contributed by atoms with Gasteiger partial charge < -0.3 is 15.1 Å². The van der Waals surface area contributed by atoms with E-state index in [0.29, 0.717) is 5.41 Å². The van der Waals surface area contributed by atoms with E-state index < -0.39 is 0 Å². The monoisotopic (exact) mass is 436 g/mol. The predicted molar refractivity (Wildman–Crippen MR) is 111 cm³/mol. The van der Waals surface area contributed by atoms with E-state index in [1.54, 1.807) is 0 Å². The maximum atomic E-state index is 4.45. The summed E-state index contributed by atoms with van der Waals surface area (Å²) >= 11 is 0. The summed E-state index contributed by atoms with van der Waals surface area (Å²) < 4.78 is 0. The summed E-state index contributed by atoms with van der Waals surface area (Å²) in [4.78, 5) is 9.50. The summed E-state index contributed by atoms with van der Waals surface area (Å²) in [5.74, 6) is 2.03. The minimum Gasteiger partial charge on any atom is -0.356 e. The van der Waals surface area contributed by atoms with Crippen LogP contribution >= 0.6 is 24.0 Å². The molecule has 2 saturated heterocycles. The number of unbranched alkanes of at least 4 members (excludes halogenated alkanes) is 1. The molecular weight excluding hydrogens is 399 g/mol. The molecular formula is C18H37IN4. The summed E-state index contributed by atoms with van der Waals surface area (Å²) in [6, 6.07) is 0. The first-order chi connectivity index (χ1) is 10.5. The van der Waals surface area contributed by atoms with Crippen molar-refractivity contribution in [1.82, 2.24) is 15.1 Å². The van der Waals surface area contributed by atoms with Crippen LogP contribution in [0.3, 0.4) is 0 Å². The Morgan fingerprint density at radius 3 is 2.43 bits per heavy atom. The van der Waals surface area contributed by atoms with Gasteiger partial charge in [-0.05, 0) is 63.1 Å². The topological polar surface area (TPSA) is 30.9 Å². The number of hydrogen-bond donors (Lipinski definition) is 1. The Morgan fingerprint density at radius 1 is 1.17 bits per heavy atom. The molecule has 0 aromatic heterocycles. The van der Waals surface area contributed by atoms with E-state index in [-0.39, 0.29) is 24.0 Å². The van der Waals surface area contributed by atoms with E-state index in [4.69, 9.17) is 0 Å². The van der Waals surface area contributed by atoms with Crippen LogP contribution < -0.4 is 5.32 Å². The molecule has 2 heterocycles. The predicted octanol–water partition coefficient (Wildman–Crippen LogP) is 3.42. The molecule has 0 aliphatic carbocycles. The Kier molecular flexibility index (Phi) is 9.19. The summed E-state index contributed by atoms with van der Waals surface area (Å²) in [7, 11) is 1.91. The second-order valence-corrected chi connectivity index (χ2v) is 8.04. The normalized spacial score (nSPS) is 23.0. The summed E-state index contributed by atoms with van der Waals surface area (Å²) in [5.41, 5.74) is 0.434. The lowest BCUT2D eigenvalue weighted by atomic mass is 9.93. The second kappa shape index (κ2) is 10.1. The van der Waals surface area contributed by atoms with Crippen molar-refractivity contribution in [1.29, 1.82) is 0 Å². The summed E-state index contributed by atoms with van der Waals surface area (Å²) in [6.45, 7) is 14.3. The van der Waals surface area contributed by atoms with Crippen LogP contribution in [0.4, 0.5) is 0 Å². The third-order valence-electron chi connectivity index (χ3n) is 5.25. The molecule has 2 aliphatic heterocycles. The Labute approximate surface area is 160 Å². The fraction of sp³-hybridized carbons (Fsp3) is 0.944. The number of nitrogens with zero attached hydrogens (tertiary/aromatic N) is 3. The molecule has 0 saturated carbocycles. The summed E-state index contributed by atoms with van der Waals surface area (Å²) in [5, 5.41) is 3.55. The molecule has 0 spiro atoms. The lowest BCUT2D eigenvalue weighted by Crippen LogP contribution is -2.41. The Hall–Kier alpha value is -0.0400. The van der Waals surface area contributed by atoms with Gasteiger partial charge in [0.25, 0.3) is 0 Å². The Balaban J connectivity index is 0.00000264. The minimum absolute atomic E-state index is 0. The standard InChI is InChI=1S/C18H36N4.HI/c1-16-7-12-21(13-8-16)11-6-5-10-20-17(19-4)22-14-9-18(2,3)15-22;/h16H,5-15H2,1-4H3,(H,19,20);1H. The van der Waals surface area contributed by atoms with Crippen molar-refractivity contribution in [2.45, 2.75) is 52.9 Å². The van der Waals surface area contributed by atoms with Gasteiger partial charge in [0.05, 0.1) is 0 Å². The lowest BCUT2D eigenvalue weighted by molar-refractivity contribution is 0.189. The van der Waals surface area contributed by atoms with E-state index in [0.717, 1.165) is 31.5 Å². The SMILES string of the molecule is CN=C(NCCCCN1CCC(C)CC1)N1CCC(C)(C)C1.I. The van der Waals surface area contributed by atoms with Gasteiger partial charge in [0.1, 0.15) is 0 Å². The highest BCUT2D eigenvalue weighted by Gasteiger charge is 2.30. The van der Waals surface area contributed by atoms with Crippen molar-refractivity contribution < 1.29 is 0 Å².